The number of carbonyl (C=O) groups is 1. The summed E-state index contributed by atoms with van der Waals surface area (Å²) in [6, 6.07) is 6.14. The molecule has 1 amide bonds. The topological polar surface area (TPSA) is 50.4 Å². The Bertz CT molecular complexity index is 533. The normalized spacial score (nSPS) is 22.2. The average molecular weight is 260 g/mol. The number of hydrogen-bond donors (Lipinski definition) is 2. The summed E-state index contributed by atoms with van der Waals surface area (Å²) in [7, 11) is 1.98. The molecule has 0 radical (unpaired) electrons. The van der Waals surface area contributed by atoms with Crippen molar-refractivity contribution in [3.05, 3.63) is 23.8 Å². The van der Waals surface area contributed by atoms with Gasteiger partial charge in [-0.1, -0.05) is 6.07 Å². The smallest absolute Gasteiger partial charge is 0.268 e. The van der Waals surface area contributed by atoms with Crippen LogP contribution in [0.2, 0.25) is 0 Å². The number of fused-ring (bicyclic) bond motifs is 1. The zero-order valence-electron chi connectivity index (χ0n) is 11.7. The fourth-order valence-corrected chi connectivity index (χ4v) is 2.69. The predicted molar refractivity (Wildman–Crippen MR) is 74.6 cm³/mol. The first kappa shape index (κ1) is 12.5. The van der Waals surface area contributed by atoms with Gasteiger partial charge in [0.25, 0.3) is 5.91 Å². The molecule has 1 saturated carbocycles. The molecule has 19 heavy (non-hydrogen) atoms. The highest BCUT2D eigenvalue weighted by molar-refractivity contribution is 6.00. The molecule has 1 fully saturated rings. The third-order valence-corrected chi connectivity index (χ3v) is 4.12. The van der Waals surface area contributed by atoms with E-state index in [2.05, 4.69) is 22.8 Å². The molecule has 2 aliphatic rings. The van der Waals surface area contributed by atoms with Crippen LogP contribution in [0.4, 0.5) is 5.69 Å². The molecule has 102 valence electrons. The van der Waals surface area contributed by atoms with Gasteiger partial charge in [0.2, 0.25) is 0 Å². The first-order valence-corrected chi connectivity index (χ1v) is 6.76. The largest absolute Gasteiger partial charge is 0.476 e. The Morgan fingerprint density at radius 1 is 1.37 bits per heavy atom. The Labute approximate surface area is 113 Å². The van der Waals surface area contributed by atoms with Crippen LogP contribution in [-0.2, 0) is 10.2 Å². The van der Waals surface area contributed by atoms with Crippen molar-refractivity contribution in [2.45, 2.75) is 37.7 Å². The molecule has 0 unspecified atom stereocenters. The van der Waals surface area contributed by atoms with Crippen LogP contribution in [-0.4, -0.2) is 25.1 Å². The van der Waals surface area contributed by atoms with Gasteiger partial charge in [-0.15, -0.1) is 0 Å². The van der Waals surface area contributed by atoms with Crippen LogP contribution in [0.1, 0.15) is 32.3 Å². The minimum atomic E-state index is -0.800. The van der Waals surface area contributed by atoms with Gasteiger partial charge < -0.3 is 15.4 Å². The summed E-state index contributed by atoms with van der Waals surface area (Å²) in [5, 5.41) is 6.16. The molecule has 2 N–H and O–H groups in total. The average Bonchev–Trinajstić information content (AvgIpc) is 3.11. The quantitative estimate of drug-likeness (QED) is 0.874. The fraction of sp³-hybridized carbons (Fsp3) is 0.533. The summed E-state index contributed by atoms with van der Waals surface area (Å²) in [4.78, 5) is 11.8. The predicted octanol–water partition coefficient (Wildman–Crippen LogP) is 2.05. The number of nitrogens with one attached hydrogen (secondary N) is 2. The van der Waals surface area contributed by atoms with E-state index in [1.165, 1.54) is 18.4 Å². The molecule has 0 saturated heterocycles. The van der Waals surface area contributed by atoms with Crippen molar-refractivity contribution in [2.24, 2.45) is 0 Å². The standard InChI is InChI=1S/C15H20N2O2/c1-14(2)13(18)17-11-5-4-10(8-12(11)19-14)15(6-7-15)9-16-3/h4-5,8,16H,6-7,9H2,1-3H3,(H,17,18). The monoisotopic (exact) mass is 260 g/mol. The lowest BCUT2D eigenvalue weighted by atomic mass is 9.94. The van der Waals surface area contributed by atoms with Crippen molar-refractivity contribution in [3.63, 3.8) is 0 Å². The number of anilines is 1. The van der Waals surface area contributed by atoms with Crippen molar-refractivity contribution in [1.29, 1.82) is 0 Å². The maximum absolute atomic E-state index is 11.8. The first-order chi connectivity index (χ1) is 8.97. The molecule has 0 aromatic heterocycles. The number of likely N-dealkylation sites (N-methyl/N-ethyl adjacent to an activating group) is 1. The second kappa shape index (κ2) is 3.97. The van der Waals surface area contributed by atoms with Crippen LogP contribution in [0.5, 0.6) is 5.75 Å². The molecular formula is C15H20N2O2. The van der Waals surface area contributed by atoms with Gasteiger partial charge in [-0.05, 0) is 51.4 Å². The molecule has 0 atom stereocenters. The Morgan fingerprint density at radius 2 is 2.11 bits per heavy atom. The van der Waals surface area contributed by atoms with E-state index in [4.69, 9.17) is 4.74 Å². The molecule has 4 nitrogen and oxygen atoms in total. The minimum absolute atomic E-state index is 0.0934. The molecular weight excluding hydrogens is 240 g/mol. The maximum atomic E-state index is 11.8. The summed E-state index contributed by atoms with van der Waals surface area (Å²) in [5.41, 5.74) is 1.53. The summed E-state index contributed by atoms with van der Waals surface area (Å²) in [6.07, 6.45) is 2.42. The van der Waals surface area contributed by atoms with Gasteiger partial charge in [-0.25, -0.2) is 0 Å². The third kappa shape index (κ3) is 2.00. The van der Waals surface area contributed by atoms with Crippen molar-refractivity contribution in [2.75, 3.05) is 18.9 Å². The van der Waals surface area contributed by atoms with Crippen LogP contribution in [0, 0.1) is 0 Å². The van der Waals surface area contributed by atoms with Gasteiger partial charge in [0.05, 0.1) is 5.69 Å². The first-order valence-electron chi connectivity index (χ1n) is 6.76. The van der Waals surface area contributed by atoms with E-state index in [1.807, 2.05) is 13.1 Å². The Kier molecular flexibility index (Phi) is 2.61. The SMILES string of the molecule is CNCC1(c2ccc3c(c2)OC(C)(C)C(=O)N3)CC1. The van der Waals surface area contributed by atoms with Crippen molar-refractivity contribution in [1.82, 2.24) is 5.32 Å². The van der Waals surface area contributed by atoms with Gasteiger partial charge in [0.1, 0.15) is 5.75 Å². The van der Waals surface area contributed by atoms with Gasteiger partial charge >= 0.3 is 0 Å². The molecule has 0 bridgehead atoms. The van der Waals surface area contributed by atoms with E-state index in [9.17, 15) is 4.79 Å². The second-order valence-electron chi connectivity index (χ2n) is 6.09. The highest BCUT2D eigenvalue weighted by atomic mass is 16.5. The van der Waals surface area contributed by atoms with Crippen molar-refractivity contribution >= 4 is 11.6 Å². The molecule has 1 heterocycles. The van der Waals surface area contributed by atoms with Crippen molar-refractivity contribution < 1.29 is 9.53 Å². The Balaban J connectivity index is 1.95. The lowest BCUT2D eigenvalue weighted by Crippen LogP contribution is -2.45. The molecule has 1 aliphatic heterocycles. The van der Waals surface area contributed by atoms with Crippen LogP contribution in [0.25, 0.3) is 0 Å². The third-order valence-electron chi connectivity index (χ3n) is 4.12. The number of amides is 1. The van der Waals surface area contributed by atoms with E-state index in [1.54, 1.807) is 13.8 Å². The van der Waals surface area contributed by atoms with Crippen LogP contribution >= 0.6 is 0 Å². The maximum Gasteiger partial charge on any atom is 0.268 e. The summed E-state index contributed by atoms with van der Waals surface area (Å²) in [6.45, 7) is 4.57. The molecule has 1 aromatic rings. The number of rotatable bonds is 3. The van der Waals surface area contributed by atoms with E-state index in [-0.39, 0.29) is 11.3 Å². The molecule has 4 heteroatoms. The molecule has 3 rings (SSSR count). The summed E-state index contributed by atoms with van der Waals surface area (Å²) >= 11 is 0. The van der Waals surface area contributed by atoms with Crippen molar-refractivity contribution in [3.8, 4) is 5.75 Å². The molecule has 1 aliphatic carbocycles. The van der Waals surface area contributed by atoms with E-state index in [0.29, 0.717) is 0 Å². The number of ether oxygens (including phenoxy) is 1. The number of hydrogen-bond acceptors (Lipinski definition) is 3. The van der Waals surface area contributed by atoms with E-state index in [0.717, 1.165) is 18.0 Å². The minimum Gasteiger partial charge on any atom is -0.476 e. The van der Waals surface area contributed by atoms with Crippen LogP contribution < -0.4 is 15.4 Å². The fourth-order valence-electron chi connectivity index (χ4n) is 2.69. The lowest BCUT2D eigenvalue weighted by molar-refractivity contribution is -0.129. The molecule has 1 aromatic carbocycles. The highest BCUT2D eigenvalue weighted by Crippen LogP contribution is 2.49. The summed E-state index contributed by atoms with van der Waals surface area (Å²) < 4.78 is 5.84. The van der Waals surface area contributed by atoms with E-state index < -0.39 is 5.60 Å². The zero-order valence-corrected chi connectivity index (χ0v) is 11.7. The lowest BCUT2D eigenvalue weighted by Gasteiger charge is -2.32. The van der Waals surface area contributed by atoms with Gasteiger partial charge in [0.15, 0.2) is 5.60 Å². The van der Waals surface area contributed by atoms with Gasteiger partial charge in [0, 0.05) is 12.0 Å². The zero-order chi connectivity index (χ0) is 13.7. The Hall–Kier alpha value is -1.55. The van der Waals surface area contributed by atoms with E-state index >= 15 is 0 Å². The van der Waals surface area contributed by atoms with Crippen LogP contribution in [0.15, 0.2) is 18.2 Å². The van der Waals surface area contributed by atoms with Gasteiger partial charge in [-0.3, -0.25) is 4.79 Å². The second-order valence-corrected chi connectivity index (χ2v) is 6.09. The summed E-state index contributed by atoms with van der Waals surface area (Å²) in [5.74, 6) is 0.689. The van der Waals surface area contributed by atoms with Crippen LogP contribution in [0.3, 0.4) is 0 Å². The number of carbonyl (C=O) groups excluding carboxylic acids is 1. The molecule has 0 spiro atoms. The Morgan fingerprint density at radius 3 is 2.74 bits per heavy atom. The number of benzene rings is 1. The highest BCUT2D eigenvalue weighted by Gasteiger charge is 2.44. The van der Waals surface area contributed by atoms with Gasteiger partial charge in [-0.2, -0.15) is 0 Å².